The maximum atomic E-state index is 13.4. The zero-order chi connectivity index (χ0) is 25.2. The number of hydrogen-bond donors (Lipinski definition) is 1. The summed E-state index contributed by atoms with van der Waals surface area (Å²) in [7, 11) is 2.11. The number of aromatic nitrogens is 1. The number of piperidine rings is 1. The number of carbonyl (C=O) groups excluding carboxylic acids is 1. The Morgan fingerprint density at radius 3 is 2.32 bits per heavy atom. The second-order valence-corrected chi connectivity index (χ2v) is 10.5. The van der Waals surface area contributed by atoms with Gasteiger partial charge < -0.3 is 15.1 Å². The average Bonchev–Trinajstić information content (AvgIpc) is 2.94. The number of likely N-dealkylation sites (tertiary alicyclic amines) is 1. The predicted molar refractivity (Wildman–Crippen MR) is 151 cm³/mol. The lowest BCUT2D eigenvalue weighted by molar-refractivity contribution is 0.0664. The van der Waals surface area contributed by atoms with Crippen molar-refractivity contribution >= 4 is 33.4 Å². The van der Waals surface area contributed by atoms with Crippen LogP contribution in [0.4, 0.5) is 5.69 Å². The van der Waals surface area contributed by atoms with Gasteiger partial charge in [0.2, 0.25) is 0 Å². The van der Waals surface area contributed by atoms with Gasteiger partial charge in [-0.2, -0.15) is 0 Å². The van der Waals surface area contributed by atoms with E-state index in [0.717, 1.165) is 91.7 Å². The number of anilines is 1. The number of pyridine rings is 1. The zero-order valence-electron chi connectivity index (χ0n) is 21.6. The molecule has 6 heteroatoms. The van der Waals surface area contributed by atoms with E-state index >= 15 is 0 Å². The Labute approximate surface area is 218 Å². The number of fused-ring (bicyclic) bond motifs is 2. The van der Waals surface area contributed by atoms with E-state index in [2.05, 4.69) is 76.8 Å². The van der Waals surface area contributed by atoms with Crippen LogP contribution in [0.15, 0.2) is 72.8 Å². The molecule has 3 aromatic carbocycles. The summed E-state index contributed by atoms with van der Waals surface area (Å²) in [6, 6.07) is 25.5. The maximum Gasteiger partial charge on any atom is 0.253 e. The molecule has 0 radical (unpaired) electrons. The predicted octanol–water partition coefficient (Wildman–Crippen LogP) is 4.85. The highest BCUT2D eigenvalue weighted by atomic mass is 16.2. The quantitative estimate of drug-likeness (QED) is 0.403. The molecule has 0 spiro atoms. The number of hydrogen-bond acceptors (Lipinski definition) is 5. The lowest BCUT2D eigenvalue weighted by Gasteiger charge is -2.33. The summed E-state index contributed by atoms with van der Waals surface area (Å²) >= 11 is 0. The molecule has 37 heavy (non-hydrogen) atoms. The van der Waals surface area contributed by atoms with Crippen LogP contribution in [0, 0.1) is 0 Å². The number of piperazine rings is 1. The summed E-state index contributed by atoms with van der Waals surface area (Å²) in [6.45, 7) is 6.53. The van der Waals surface area contributed by atoms with Gasteiger partial charge in [0, 0.05) is 68.2 Å². The molecule has 0 unspecified atom stereocenters. The molecule has 1 aromatic heterocycles. The van der Waals surface area contributed by atoms with Gasteiger partial charge in [-0.25, -0.2) is 4.98 Å². The fourth-order valence-electron chi connectivity index (χ4n) is 5.65. The molecule has 2 aliphatic heterocycles. The Kier molecular flexibility index (Phi) is 6.77. The monoisotopic (exact) mass is 493 g/mol. The molecule has 2 saturated heterocycles. The lowest BCUT2D eigenvalue weighted by atomic mass is 10.0. The van der Waals surface area contributed by atoms with Crippen LogP contribution >= 0.6 is 0 Å². The molecule has 190 valence electrons. The van der Waals surface area contributed by atoms with E-state index in [1.807, 2.05) is 23.1 Å². The molecule has 0 bridgehead atoms. The minimum absolute atomic E-state index is 0.114. The second-order valence-electron chi connectivity index (χ2n) is 10.5. The molecule has 4 aromatic rings. The van der Waals surface area contributed by atoms with Crippen molar-refractivity contribution < 1.29 is 4.79 Å². The van der Waals surface area contributed by atoms with Crippen molar-refractivity contribution in [3.8, 4) is 0 Å². The van der Waals surface area contributed by atoms with Gasteiger partial charge >= 0.3 is 0 Å². The number of benzene rings is 3. The number of rotatable bonds is 5. The third-order valence-corrected chi connectivity index (χ3v) is 7.90. The van der Waals surface area contributed by atoms with E-state index in [9.17, 15) is 4.79 Å². The first-order valence-electron chi connectivity index (χ1n) is 13.5. The molecule has 2 aliphatic rings. The first-order chi connectivity index (χ1) is 18.1. The van der Waals surface area contributed by atoms with Crippen LogP contribution in [-0.4, -0.2) is 77.9 Å². The number of likely N-dealkylation sites (N-methyl/N-ethyl adjacent to an activating group) is 1. The van der Waals surface area contributed by atoms with Crippen molar-refractivity contribution in [2.45, 2.75) is 25.4 Å². The normalized spacial score (nSPS) is 17.9. The number of amides is 1. The third kappa shape index (κ3) is 5.17. The highest BCUT2D eigenvalue weighted by Gasteiger charge is 2.23. The van der Waals surface area contributed by atoms with E-state index in [-0.39, 0.29) is 5.91 Å². The number of nitrogens with zero attached hydrogens (tertiary/aromatic N) is 4. The van der Waals surface area contributed by atoms with Gasteiger partial charge in [0.15, 0.2) is 0 Å². The SMILES string of the molecule is CN1CCN(C(=O)c2ccc3nc4ccccc4c(NC4CCN(Cc5ccccc5)CC4)c3c2)CC1. The van der Waals surface area contributed by atoms with Gasteiger partial charge in [0.1, 0.15) is 0 Å². The molecule has 6 rings (SSSR count). The molecular formula is C31H35N5O. The first kappa shape index (κ1) is 23.9. The van der Waals surface area contributed by atoms with Gasteiger partial charge in [-0.05, 0) is 49.7 Å². The Morgan fingerprint density at radius 2 is 1.54 bits per heavy atom. The standard InChI is InChI=1S/C31H35N5O/c1-34-17-19-36(20-18-34)31(37)24-11-12-29-27(21-24)30(26-9-5-6-10-28(26)33-29)32-25-13-15-35(16-14-25)22-23-7-3-2-4-8-23/h2-12,21,25H,13-20,22H2,1H3,(H,32,33). The fraction of sp³-hybridized carbons (Fsp3) is 0.355. The summed E-state index contributed by atoms with van der Waals surface area (Å²) in [5, 5.41) is 6.05. The van der Waals surface area contributed by atoms with E-state index < -0.39 is 0 Å². The van der Waals surface area contributed by atoms with Gasteiger partial charge in [-0.3, -0.25) is 9.69 Å². The largest absolute Gasteiger partial charge is 0.381 e. The first-order valence-corrected chi connectivity index (χ1v) is 13.5. The molecule has 0 aliphatic carbocycles. The highest BCUT2D eigenvalue weighted by Crippen LogP contribution is 2.33. The third-order valence-electron chi connectivity index (χ3n) is 7.90. The summed E-state index contributed by atoms with van der Waals surface area (Å²) in [5.74, 6) is 0.114. The van der Waals surface area contributed by atoms with Crippen molar-refractivity contribution in [2.75, 3.05) is 51.6 Å². The van der Waals surface area contributed by atoms with Crippen molar-refractivity contribution in [2.24, 2.45) is 0 Å². The van der Waals surface area contributed by atoms with Crippen LogP contribution in [0.5, 0.6) is 0 Å². The van der Waals surface area contributed by atoms with E-state index in [1.54, 1.807) is 0 Å². The topological polar surface area (TPSA) is 51.7 Å². The highest BCUT2D eigenvalue weighted by molar-refractivity contribution is 6.09. The van der Waals surface area contributed by atoms with Gasteiger partial charge in [-0.15, -0.1) is 0 Å². The molecule has 1 N–H and O–H groups in total. The van der Waals surface area contributed by atoms with Crippen LogP contribution in [0.2, 0.25) is 0 Å². The van der Waals surface area contributed by atoms with E-state index in [1.165, 1.54) is 5.56 Å². The van der Waals surface area contributed by atoms with Crippen LogP contribution in [0.3, 0.4) is 0 Å². The van der Waals surface area contributed by atoms with Crippen molar-refractivity contribution in [1.82, 2.24) is 19.7 Å². The summed E-state index contributed by atoms with van der Waals surface area (Å²) in [6.07, 6.45) is 2.18. The molecular weight excluding hydrogens is 458 g/mol. The molecule has 0 atom stereocenters. The molecule has 2 fully saturated rings. The molecule has 1 amide bonds. The minimum atomic E-state index is 0.114. The van der Waals surface area contributed by atoms with Gasteiger partial charge in [0.05, 0.1) is 16.7 Å². The Morgan fingerprint density at radius 1 is 0.838 bits per heavy atom. The van der Waals surface area contributed by atoms with Crippen molar-refractivity contribution in [3.63, 3.8) is 0 Å². The van der Waals surface area contributed by atoms with Crippen LogP contribution in [0.25, 0.3) is 21.8 Å². The van der Waals surface area contributed by atoms with Gasteiger partial charge in [-0.1, -0.05) is 48.5 Å². The lowest BCUT2D eigenvalue weighted by Crippen LogP contribution is -2.47. The smallest absolute Gasteiger partial charge is 0.253 e. The van der Waals surface area contributed by atoms with Gasteiger partial charge in [0.25, 0.3) is 5.91 Å². The average molecular weight is 494 g/mol. The Balaban J connectivity index is 1.26. The van der Waals surface area contributed by atoms with Crippen molar-refractivity contribution in [1.29, 1.82) is 0 Å². The zero-order valence-corrected chi connectivity index (χ0v) is 21.6. The van der Waals surface area contributed by atoms with Crippen LogP contribution in [0.1, 0.15) is 28.8 Å². The number of nitrogens with one attached hydrogen (secondary N) is 1. The molecule has 6 nitrogen and oxygen atoms in total. The molecule has 0 saturated carbocycles. The minimum Gasteiger partial charge on any atom is -0.381 e. The summed E-state index contributed by atoms with van der Waals surface area (Å²) in [4.78, 5) is 25.1. The summed E-state index contributed by atoms with van der Waals surface area (Å²) < 4.78 is 0. The number of para-hydroxylation sites is 1. The van der Waals surface area contributed by atoms with E-state index in [0.29, 0.717) is 6.04 Å². The summed E-state index contributed by atoms with van der Waals surface area (Å²) in [5.41, 5.74) is 5.14. The molecule has 3 heterocycles. The van der Waals surface area contributed by atoms with Crippen LogP contribution < -0.4 is 5.32 Å². The second kappa shape index (κ2) is 10.5. The van der Waals surface area contributed by atoms with E-state index in [4.69, 9.17) is 4.98 Å². The Hall–Kier alpha value is -3.48. The fourth-order valence-corrected chi connectivity index (χ4v) is 5.65. The van der Waals surface area contributed by atoms with Crippen molar-refractivity contribution in [3.05, 3.63) is 83.9 Å². The Bertz CT molecular complexity index is 1390. The number of carbonyl (C=O) groups is 1. The maximum absolute atomic E-state index is 13.4. The van der Waals surface area contributed by atoms with Crippen LogP contribution in [-0.2, 0) is 6.54 Å².